The molecule has 1 rings (SSSR count). The maximum absolute atomic E-state index is 11.9. The van der Waals surface area contributed by atoms with E-state index in [-0.39, 0.29) is 11.9 Å². The molecule has 0 bridgehead atoms. The number of carbonyl (C=O) groups is 1. The van der Waals surface area contributed by atoms with Crippen LogP contribution in [-0.2, 0) is 16.0 Å². The summed E-state index contributed by atoms with van der Waals surface area (Å²) in [5.41, 5.74) is 6.76. The van der Waals surface area contributed by atoms with Gasteiger partial charge in [-0.15, -0.1) is 11.5 Å². The highest BCUT2D eigenvalue weighted by Crippen LogP contribution is 2.40. The summed E-state index contributed by atoms with van der Waals surface area (Å²) >= 11 is 0. The van der Waals surface area contributed by atoms with E-state index < -0.39 is 8.07 Å². The Morgan fingerprint density at radius 1 is 1.00 bits per heavy atom. The van der Waals surface area contributed by atoms with E-state index in [0.717, 1.165) is 6.42 Å². The van der Waals surface area contributed by atoms with Gasteiger partial charge in [-0.3, -0.25) is 4.79 Å². The van der Waals surface area contributed by atoms with Gasteiger partial charge in [0.05, 0.1) is 13.5 Å². The summed E-state index contributed by atoms with van der Waals surface area (Å²) in [6.07, 6.45) is 1.15. The molecule has 1 aromatic carbocycles. The highest BCUT2D eigenvalue weighted by molar-refractivity contribution is 6.90. The molecule has 0 unspecified atom stereocenters. The van der Waals surface area contributed by atoms with Crippen molar-refractivity contribution in [1.29, 1.82) is 0 Å². The molecular weight excluding hydrogens is 324 g/mol. The number of hydrogen-bond acceptors (Lipinski definition) is 2. The van der Waals surface area contributed by atoms with E-state index in [1.54, 1.807) is 0 Å². The number of carbonyl (C=O) groups excluding carboxylic acids is 1. The second kappa shape index (κ2) is 9.82. The molecule has 0 aliphatic rings. The average molecular weight is 359 g/mol. The summed E-state index contributed by atoms with van der Waals surface area (Å²) in [5.74, 6) is 3.36. The largest absolute Gasteiger partial charge is 0.469 e. The number of methoxy groups -OCH3 is 1. The number of esters is 1. The van der Waals surface area contributed by atoms with E-state index in [0.29, 0.717) is 23.0 Å². The van der Waals surface area contributed by atoms with Crippen LogP contribution >= 0.6 is 0 Å². The van der Waals surface area contributed by atoms with Crippen molar-refractivity contribution in [3.8, 4) is 11.5 Å². The van der Waals surface area contributed by atoms with E-state index in [2.05, 4.69) is 65.1 Å². The van der Waals surface area contributed by atoms with Crippen molar-refractivity contribution in [2.75, 3.05) is 7.11 Å². The average Bonchev–Trinajstić information content (AvgIpc) is 2.55. The number of benzene rings is 1. The summed E-state index contributed by atoms with van der Waals surface area (Å²) in [7, 11) is -0.333. The Balaban J connectivity index is 3.18. The Labute approximate surface area is 155 Å². The van der Waals surface area contributed by atoms with Gasteiger partial charge < -0.3 is 4.74 Å². The van der Waals surface area contributed by atoms with Crippen LogP contribution in [0.3, 0.4) is 0 Å². The Morgan fingerprint density at radius 3 is 1.96 bits per heavy atom. The predicted octanol–water partition coefficient (Wildman–Crippen LogP) is 5.63. The fourth-order valence-electron chi connectivity index (χ4n) is 4.02. The van der Waals surface area contributed by atoms with Crippen LogP contribution < -0.4 is 0 Å². The molecule has 3 heteroatoms. The lowest BCUT2D eigenvalue weighted by Crippen LogP contribution is -2.43. The summed E-state index contributed by atoms with van der Waals surface area (Å²) in [5, 5.41) is 0. The lowest BCUT2D eigenvalue weighted by atomic mass is 9.97. The molecule has 138 valence electrons. The van der Waals surface area contributed by atoms with Gasteiger partial charge >= 0.3 is 5.97 Å². The van der Waals surface area contributed by atoms with Gasteiger partial charge in [0.25, 0.3) is 0 Å². The van der Waals surface area contributed by atoms with Gasteiger partial charge in [0, 0.05) is 5.92 Å². The molecule has 0 saturated carbocycles. The van der Waals surface area contributed by atoms with Crippen LogP contribution in [-0.4, -0.2) is 21.2 Å². The molecule has 0 N–H and O–H groups in total. The van der Waals surface area contributed by atoms with Crippen molar-refractivity contribution in [2.24, 2.45) is 5.92 Å². The number of rotatable bonds is 7. The summed E-state index contributed by atoms with van der Waals surface area (Å²) in [4.78, 5) is 11.9. The standard InChI is InChI=1S/C22H34O2Si/c1-17(2)25(18(3)4,19(5)6)14-13-21(16-22(23)24-7)15-20-11-9-8-10-12-20/h8-12,17-19,21H,15-16H2,1-7H3/t21-/m0/s1. The minimum atomic E-state index is -1.78. The minimum absolute atomic E-state index is 0.0120. The van der Waals surface area contributed by atoms with E-state index in [9.17, 15) is 4.79 Å². The maximum Gasteiger partial charge on any atom is 0.306 e. The van der Waals surface area contributed by atoms with Gasteiger partial charge in [-0.25, -0.2) is 0 Å². The third-order valence-electron chi connectivity index (χ3n) is 5.32. The van der Waals surface area contributed by atoms with Gasteiger partial charge in [-0.1, -0.05) is 71.9 Å². The second-order valence-electron chi connectivity index (χ2n) is 7.83. The third-order valence-corrected chi connectivity index (χ3v) is 11.6. The molecule has 0 radical (unpaired) electrons. The fourth-order valence-corrected chi connectivity index (χ4v) is 9.34. The Bertz CT molecular complexity index is 572. The zero-order valence-corrected chi connectivity index (χ0v) is 17.9. The molecule has 1 atom stereocenters. The van der Waals surface area contributed by atoms with Crippen LogP contribution in [0.15, 0.2) is 30.3 Å². The molecular formula is C22H34O2Si. The molecule has 0 spiro atoms. The molecule has 0 amide bonds. The van der Waals surface area contributed by atoms with Crippen LogP contribution in [0.25, 0.3) is 0 Å². The summed E-state index contributed by atoms with van der Waals surface area (Å²) in [6, 6.07) is 10.3. The first kappa shape index (κ1) is 21.5. The van der Waals surface area contributed by atoms with Gasteiger partial charge in [0.2, 0.25) is 0 Å². The van der Waals surface area contributed by atoms with Gasteiger partial charge in [-0.2, -0.15) is 0 Å². The van der Waals surface area contributed by atoms with Crippen LogP contribution in [0.1, 0.15) is 53.5 Å². The topological polar surface area (TPSA) is 26.3 Å². The first-order chi connectivity index (χ1) is 11.7. The van der Waals surface area contributed by atoms with Crippen molar-refractivity contribution in [3.05, 3.63) is 35.9 Å². The van der Waals surface area contributed by atoms with Crippen molar-refractivity contribution >= 4 is 14.0 Å². The highest BCUT2D eigenvalue weighted by atomic mass is 28.3. The molecule has 0 saturated heterocycles. The summed E-state index contributed by atoms with van der Waals surface area (Å²) < 4.78 is 4.90. The van der Waals surface area contributed by atoms with E-state index in [1.165, 1.54) is 12.7 Å². The molecule has 0 heterocycles. The lowest BCUT2D eigenvalue weighted by molar-refractivity contribution is -0.141. The van der Waals surface area contributed by atoms with Crippen molar-refractivity contribution in [3.63, 3.8) is 0 Å². The van der Waals surface area contributed by atoms with Crippen LogP contribution in [0.4, 0.5) is 0 Å². The first-order valence-electron chi connectivity index (χ1n) is 9.37. The molecule has 0 aromatic heterocycles. The third kappa shape index (κ3) is 5.75. The second-order valence-corrected chi connectivity index (χ2v) is 13.4. The Morgan fingerprint density at radius 2 is 1.52 bits per heavy atom. The van der Waals surface area contributed by atoms with Crippen molar-refractivity contribution in [1.82, 2.24) is 0 Å². The zero-order valence-electron chi connectivity index (χ0n) is 16.9. The lowest BCUT2D eigenvalue weighted by Gasteiger charge is -2.38. The Hall–Kier alpha value is -1.53. The maximum atomic E-state index is 11.9. The smallest absolute Gasteiger partial charge is 0.306 e. The zero-order chi connectivity index (χ0) is 19.0. The Kier molecular flexibility index (Phi) is 8.45. The van der Waals surface area contributed by atoms with E-state index in [1.807, 2.05) is 18.2 Å². The molecule has 25 heavy (non-hydrogen) atoms. The normalized spacial score (nSPS) is 12.9. The van der Waals surface area contributed by atoms with Gasteiger partial charge in [0.1, 0.15) is 8.07 Å². The number of ether oxygens (including phenoxy) is 1. The number of hydrogen-bond donors (Lipinski definition) is 0. The quantitative estimate of drug-likeness (QED) is 0.359. The minimum Gasteiger partial charge on any atom is -0.469 e. The highest BCUT2D eigenvalue weighted by Gasteiger charge is 2.41. The summed E-state index contributed by atoms with van der Waals surface area (Å²) in [6.45, 7) is 13.9. The molecule has 0 aliphatic carbocycles. The molecule has 2 nitrogen and oxygen atoms in total. The SMILES string of the molecule is COC(=O)C[C@@H](C#C[Si](C(C)C)(C(C)C)C(C)C)Cc1ccccc1. The van der Waals surface area contributed by atoms with Crippen LogP contribution in [0.5, 0.6) is 0 Å². The molecule has 1 aromatic rings. The van der Waals surface area contributed by atoms with E-state index in [4.69, 9.17) is 4.74 Å². The van der Waals surface area contributed by atoms with Crippen molar-refractivity contribution in [2.45, 2.75) is 71.0 Å². The van der Waals surface area contributed by atoms with Gasteiger partial charge in [-0.05, 0) is 28.6 Å². The molecule has 0 fully saturated rings. The van der Waals surface area contributed by atoms with Crippen LogP contribution in [0.2, 0.25) is 16.6 Å². The first-order valence-corrected chi connectivity index (χ1v) is 11.6. The van der Waals surface area contributed by atoms with Crippen LogP contribution in [0, 0.1) is 17.4 Å². The molecule has 0 aliphatic heterocycles. The fraction of sp³-hybridized carbons (Fsp3) is 0.591. The van der Waals surface area contributed by atoms with E-state index >= 15 is 0 Å². The predicted molar refractivity (Wildman–Crippen MR) is 109 cm³/mol. The van der Waals surface area contributed by atoms with Crippen molar-refractivity contribution < 1.29 is 9.53 Å². The van der Waals surface area contributed by atoms with Gasteiger partial charge in [0.15, 0.2) is 0 Å². The monoisotopic (exact) mass is 358 g/mol.